The van der Waals surface area contributed by atoms with Gasteiger partial charge < -0.3 is 30.9 Å². The number of benzene rings is 3. The number of anilines is 1. The van der Waals surface area contributed by atoms with Crippen LogP contribution < -0.4 is 26.6 Å². The van der Waals surface area contributed by atoms with E-state index in [1.165, 1.54) is 40.9 Å². The van der Waals surface area contributed by atoms with Crippen molar-refractivity contribution in [2.24, 2.45) is 5.92 Å². The number of piperidine rings is 3. The molecule has 3 aromatic carbocycles. The lowest BCUT2D eigenvalue weighted by Gasteiger charge is -2.51. The number of nitrogens with zero attached hydrogens (tertiary/aromatic N) is 2. The number of amides is 1. The molecule has 212 valence electrons. The third-order valence-corrected chi connectivity index (χ3v) is 8.58. The van der Waals surface area contributed by atoms with Crippen molar-refractivity contribution >= 4 is 28.7 Å². The Morgan fingerprint density at radius 3 is 2.35 bits per heavy atom. The minimum atomic E-state index is -0.656. The molecule has 2 bridgehead atoms. The number of thioether (sulfide) groups is 1. The number of ether oxygens (including phenoxy) is 2. The van der Waals surface area contributed by atoms with E-state index in [1.54, 1.807) is 31.4 Å². The van der Waals surface area contributed by atoms with Gasteiger partial charge in [-0.15, -0.1) is 0 Å². The molecule has 0 unspecified atom stereocenters. The molecule has 40 heavy (non-hydrogen) atoms. The zero-order valence-electron chi connectivity index (χ0n) is 22.1. The van der Waals surface area contributed by atoms with Gasteiger partial charge in [-0.1, -0.05) is 36.4 Å². The first-order valence-corrected chi connectivity index (χ1v) is 13.8. The Balaban J connectivity index is 0.00000370. The maximum atomic E-state index is 14.8. The molecule has 0 saturated carbocycles. The van der Waals surface area contributed by atoms with Crippen LogP contribution >= 0.6 is 11.8 Å². The fourth-order valence-corrected chi connectivity index (χ4v) is 6.58. The highest BCUT2D eigenvalue weighted by Crippen LogP contribution is 2.38. The first kappa shape index (κ1) is 30.0. The van der Waals surface area contributed by atoms with Gasteiger partial charge in [-0.2, -0.15) is 0 Å². The molecule has 3 aliphatic rings. The van der Waals surface area contributed by atoms with Crippen LogP contribution in [0.1, 0.15) is 18.4 Å². The first-order valence-electron chi connectivity index (χ1n) is 13.0. The number of fused-ring (bicyclic) bond motifs is 3. The lowest BCUT2D eigenvalue weighted by atomic mass is 9.83. The van der Waals surface area contributed by atoms with E-state index in [0.29, 0.717) is 28.9 Å². The van der Waals surface area contributed by atoms with Crippen LogP contribution in [0.4, 0.5) is 19.3 Å². The molecule has 1 atom stereocenters. The van der Waals surface area contributed by atoms with Crippen molar-refractivity contribution in [3.63, 3.8) is 0 Å². The Morgan fingerprint density at radius 2 is 1.65 bits per heavy atom. The quantitative estimate of drug-likeness (QED) is 0.282. The van der Waals surface area contributed by atoms with Gasteiger partial charge in [0, 0.05) is 18.8 Å². The average Bonchev–Trinajstić information content (AvgIpc) is 2.94. The van der Waals surface area contributed by atoms with Crippen LogP contribution in [0.3, 0.4) is 0 Å². The summed E-state index contributed by atoms with van der Waals surface area (Å²) in [6.45, 7) is 2.60. The summed E-state index contributed by atoms with van der Waals surface area (Å²) in [6.07, 6.45) is 0.660. The summed E-state index contributed by atoms with van der Waals surface area (Å²) >= 11 is 1.18. The monoisotopic (exact) mass is 632 g/mol. The number of para-hydroxylation sites is 2. The molecular weight excluding hydrogens is 602 g/mol. The van der Waals surface area contributed by atoms with Gasteiger partial charge in [-0.05, 0) is 53.7 Å². The number of quaternary nitrogens is 1. The SMILES string of the molecule is COc1ccccc1SC(=O)C[N+]12CCC(CC1)[C@@H](OC(=O)N(Cc1ccc(F)cc1)c1ccccc1F)C2.[Br-]. The van der Waals surface area contributed by atoms with Crippen molar-refractivity contribution in [2.75, 3.05) is 38.2 Å². The van der Waals surface area contributed by atoms with E-state index >= 15 is 0 Å². The van der Waals surface area contributed by atoms with Crippen molar-refractivity contribution in [3.8, 4) is 5.75 Å². The minimum absolute atomic E-state index is 0. The molecule has 10 heteroatoms. The largest absolute Gasteiger partial charge is 1.00 e. The maximum Gasteiger partial charge on any atom is 0.415 e. The predicted molar refractivity (Wildman–Crippen MR) is 146 cm³/mol. The number of halogens is 3. The fraction of sp³-hybridized carbons (Fsp3) is 0.333. The average molecular weight is 634 g/mol. The molecule has 3 heterocycles. The molecular formula is C30H31BrF2N2O4S. The van der Waals surface area contributed by atoms with Gasteiger partial charge in [0.15, 0.2) is 6.10 Å². The molecule has 3 fully saturated rings. The smallest absolute Gasteiger partial charge is 0.415 e. The second-order valence-corrected chi connectivity index (χ2v) is 11.3. The highest BCUT2D eigenvalue weighted by Gasteiger charge is 2.49. The molecule has 0 aliphatic carbocycles. The summed E-state index contributed by atoms with van der Waals surface area (Å²) in [4.78, 5) is 28.7. The number of carbonyl (C=O) groups excluding carboxylic acids is 2. The fourth-order valence-electron chi connectivity index (χ4n) is 5.59. The summed E-state index contributed by atoms with van der Waals surface area (Å²) in [5, 5.41) is 0.0363. The van der Waals surface area contributed by atoms with Gasteiger partial charge >= 0.3 is 6.09 Å². The Bertz CT molecular complexity index is 1340. The van der Waals surface area contributed by atoms with Crippen LogP contribution in [0.2, 0.25) is 0 Å². The third kappa shape index (κ3) is 6.85. The Hall–Kier alpha value is -2.95. The van der Waals surface area contributed by atoms with Gasteiger partial charge in [0.1, 0.15) is 30.5 Å². The second kappa shape index (κ2) is 13.1. The standard InChI is InChI=1S/C30H31F2N2O4S.BrH/c1-37-26-8-4-5-9-28(26)39-29(35)20-34-16-14-22(15-17-34)27(19-34)38-30(36)33(25-7-3-2-6-24(25)32)18-21-10-12-23(31)13-11-21;/h2-13,22,27H,14-20H2,1H3;1H/q+1;/p-1/t22?,27-,34?;/m0./s1. The molecule has 1 amide bonds. The number of rotatable bonds is 8. The Morgan fingerprint density at radius 1 is 0.975 bits per heavy atom. The number of hydrogen-bond acceptors (Lipinski definition) is 5. The van der Waals surface area contributed by atoms with Crippen molar-refractivity contribution in [2.45, 2.75) is 30.4 Å². The molecule has 3 saturated heterocycles. The molecule has 3 aliphatic heterocycles. The molecule has 0 aromatic heterocycles. The van der Waals surface area contributed by atoms with Crippen molar-refractivity contribution in [3.05, 3.63) is 90.0 Å². The zero-order valence-corrected chi connectivity index (χ0v) is 24.5. The molecule has 0 N–H and O–H groups in total. The van der Waals surface area contributed by atoms with E-state index < -0.39 is 17.7 Å². The van der Waals surface area contributed by atoms with E-state index in [2.05, 4.69) is 0 Å². The first-order chi connectivity index (χ1) is 18.9. The maximum absolute atomic E-state index is 14.8. The zero-order chi connectivity index (χ0) is 27.4. The Kier molecular flexibility index (Phi) is 9.86. The van der Waals surface area contributed by atoms with Crippen molar-refractivity contribution in [1.82, 2.24) is 0 Å². The van der Waals surface area contributed by atoms with Gasteiger partial charge in [0.25, 0.3) is 0 Å². The van der Waals surface area contributed by atoms with E-state index in [1.807, 2.05) is 24.3 Å². The lowest BCUT2D eigenvalue weighted by Crippen LogP contribution is -3.00. The number of methoxy groups -OCH3 is 1. The summed E-state index contributed by atoms with van der Waals surface area (Å²) in [7, 11) is 1.58. The van der Waals surface area contributed by atoms with Crippen LogP contribution in [0.5, 0.6) is 5.75 Å². The van der Waals surface area contributed by atoms with Crippen LogP contribution in [0, 0.1) is 17.6 Å². The van der Waals surface area contributed by atoms with Crippen LogP contribution in [-0.4, -0.2) is 55.1 Å². The minimum Gasteiger partial charge on any atom is -1.00 e. The summed E-state index contributed by atoms with van der Waals surface area (Å²) in [5.74, 6) is -0.0833. The van der Waals surface area contributed by atoms with Gasteiger partial charge in [0.2, 0.25) is 5.12 Å². The highest BCUT2D eigenvalue weighted by molar-refractivity contribution is 8.13. The molecule has 6 rings (SSSR count). The molecule has 0 spiro atoms. The molecule has 0 radical (unpaired) electrons. The highest BCUT2D eigenvalue weighted by atomic mass is 79.9. The van der Waals surface area contributed by atoms with E-state index in [9.17, 15) is 18.4 Å². The van der Waals surface area contributed by atoms with Crippen molar-refractivity contribution < 1.29 is 49.3 Å². The van der Waals surface area contributed by atoms with Crippen LogP contribution in [0.25, 0.3) is 0 Å². The third-order valence-electron chi connectivity index (χ3n) is 7.67. The summed E-state index contributed by atoms with van der Waals surface area (Å²) in [6, 6.07) is 19.2. The van der Waals surface area contributed by atoms with Gasteiger partial charge in [-0.3, -0.25) is 9.69 Å². The van der Waals surface area contributed by atoms with Crippen LogP contribution in [-0.2, 0) is 16.1 Å². The molecule has 3 aromatic rings. The number of hydrogen-bond donors (Lipinski definition) is 0. The van der Waals surface area contributed by atoms with E-state index in [-0.39, 0.29) is 46.4 Å². The van der Waals surface area contributed by atoms with E-state index in [4.69, 9.17) is 9.47 Å². The predicted octanol–water partition coefficient (Wildman–Crippen LogP) is 3.05. The Labute approximate surface area is 247 Å². The van der Waals surface area contributed by atoms with Crippen molar-refractivity contribution in [1.29, 1.82) is 0 Å². The number of carbonyl (C=O) groups is 2. The van der Waals surface area contributed by atoms with Crippen LogP contribution in [0.15, 0.2) is 77.7 Å². The summed E-state index contributed by atoms with van der Waals surface area (Å²) < 4.78 is 40.2. The van der Waals surface area contributed by atoms with Gasteiger partial charge in [0.05, 0.1) is 37.3 Å². The topological polar surface area (TPSA) is 55.8 Å². The summed E-state index contributed by atoms with van der Waals surface area (Å²) in [5.41, 5.74) is 0.744. The molecule has 6 nitrogen and oxygen atoms in total. The second-order valence-electron chi connectivity index (χ2n) is 10.2. The normalized spacial score (nSPS) is 21.3. The lowest BCUT2D eigenvalue weighted by molar-refractivity contribution is -0.938. The van der Waals surface area contributed by atoms with Gasteiger partial charge in [-0.25, -0.2) is 13.6 Å². The van der Waals surface area contributed by atoms with E-state index in [0.717, 1.165) is 30.8 Å².